The minimum Gasteiger partial charge on any atom is -0.393 e. The Hall–Kier alpha value is -0.380. The molecule has 1 fully saturated rings. The molecule has 0 bridgehead atoms. The van der Waals surface area contributed by atoms with Crippen molar-refractivity contribution in [1.82, 2.24) is 5.32 Å². The predicted molar refractivity (Wildman–Crippen MR) is 54.9 cm³/mol. The van der Waals surface area contributed by atoms with E-state index in [0.717, 1.165) is 5.92 Å². The van der Waals surface area contributed by atoms with E-state index < -0.39 is 5.60 Å². The van der Waals surface area contributed by atoms with Crippen molar-refractivity contribution in [3.05, 3.63) is 12.2 Å². The topological polar surface area (TPSA) is 52.5 Å². The van der Waals surface area contributed by atoms with Crippen LogP contribution < -0.4 is 5.32 Å². The second-order valence-electron chi connectivity index (χ2n) is 4.88. The summed E-state index contributed by atoms with van der Waals surface area (Å²) in [5.41, 5.74) is -0.979. The van der Waals surface area contributed by atoms with Crippen molar-refractivity contribution < 1.29 is 10.2 Å². The Morgan fingerprint density at radius 2 is 2.36 bits per heavy atom. The fourth-order valence-corrected chi connectivity index (χ4v) is 2.35. The summed E-state index contributed by atoms with van der Waals surface area (Å²) in [5.74, 6) is 1.51. The number of fused-ring (bicyclic) bond motifs is 1. The standard InChI is InChI=1S/C11H19NO2/c1-11(14,7-13)6-12-10-5-8-3-2-4-9(8)10/h2,4,8-10,12-14H,3,5-7H2,1H3. The highest BCUT2D eigenvalue weighted by Crippen LogP contribution is 2.42. The van der Waals surface area contributed by atoms with Gasteiger partial charge in [0.05, 0.1) is 12.2 Å². The average Bonchev–Trinajstić information content (AvgIpc) is 2.48. The Balaban J connectivity index is 1.75. The summed E-state index contributed by atoms with van der Waals surface area (Å²) in [4.78, 5) is 0. The largest absolute Gasteiger partial charge is 0.393 e. The van der Waals surface area contributed by atoms with Gasteiger partial charge in [-0.15, -0.1) is 0 Å². The van der Waals surface area contributed by atoms with E-state index in [1.54, 1.807) is 6.92 Å². The van der Waals surface area contributed by atoms with Gasteiger partial charge in [-0.25, -0.2) is 0 Å². The molecule has 3 N–H and O–H groups in total. The van der Waals surface area contributed by atoms with E-state index in [1.807, 2.05) is 0 Å². The highest BCUT2D eigenvalue weighted by atomic mass is 16.3. The Morgan fingerprint density at radius 3 is 3.00 bits per heavy atom. The molecule has 4 unspecified atom stereocenters. The van der Waals surface area contributed by atoms with Crippen molar-refractivity contribution in [2.45, 2.75) is 31.4 Å². The Labute approximate surface area is 84.8 Å². The maximum atomic E-state index is 9.60. The minimum atomic E-state index is -0.979. The van der Waals surface area contributed by atoms with E-state index in [9.17, 15) is 5.11 Å². The fourth-order valence-electron chi connectivity index (χ4n) is 2.35. The Kier molecular flexibility index (Phi) is 2.64. The summed E-state index contributed by atoms with van der Waals surface area (Å²) in [6.45, 7) is 1.95. The van der Waals surface area contributed by atoms with Crippen LogP contribution in [-0.4, -0.2) is 35.0 Å². The lowest BCUT2D eigenvalue weighted by molar-refractivity contribution is -0.00583. The molecule has 0 aromatic heterocycles. The summed E-state index contributed by atoms with van der Waals surface area (Å²) in [6, 6.07) is 0.511. The van der Waals surface area contributed by atoms with Crippen molar-refractivity contribution in [2.24, 2.45) is 11.8 Å². The SMILES string of the molecule is CC(O)(CO)CNC1CC2CC=CC21. The van der Waals surface area contributed by atoms with Gasteiger partial charge in [0.1, 0.15) is 0 Å². The molecule has 0 aromatic rings. The van der Waals surface area contributed by atoms with Gasteiger partial charge >= 0.3 is 0 Å². The van der Waals surface area contributed by atoms with Crippen LogP contribution in [-0.2, 0) is 0 Å². The molecule has 0 spiro atoms. The van der Waals surface area contributed by atoms with E-state index in [4.69, 9.17) is 5.11 Å². The van der Waals surface area contributed by atoms with Crippen LogP contribution in [0.15, 0.2) is 12.2 Å². The maximum absolute atomic E-state index is 9.60. The van der Waals surface area contributed by atoms with E-state index in [-0.39, 0.29) is 6.61 Å². The number of hydrogen-bond donors (Lipinski definition) is 3. The monoisotopic (exact) mass is 197 g/mol. The van der Waals surface area contributed by atoms with Gasteiger partial charge in [-0.1, -0.05) is 12.2 Å². The average molecular weight is 197 g/mol. The van der Waals surface area contributed by atoms with Crippen LogP contribution in [0.1, 0.15) is 19.8 Å². The molecule has 2 rings (SSSR count). The molecule has 0 radical (unpaired) electrons. The maximum Gasteiger partial charge on any atom is 0.0972 e. The number of aliphatic hydroxyl groups excluding tert-OH is 1. The second kappa shape index (κ2) is 3.65. The van der Waals surface area contributed by atoms with Crippen molar-refractivity contribution in [2.75, 3.05) is 13.2 Å². The number of hydrogen-bond acceptors (Lipinski definition) is 3. The van der Waals surface area contributed by atoms with Gasteiger partial charge in [0, 0.05) is 12.6 Å². The fraction of sp³-hybridized carbons (Fsp3) is 0.818. The van der Waals surface area contributed by atoms with Gasteiger partial charge in [-0.05, 0) is 31.6 Å². The predicted octanol–water partition coefficient (Wildman–Crippen LogP) is 0.284. The first-order valence-corrected chi connectivity index (χ1v) is 5.36. The lowest BCUT2D eigenvalue weighted by atomic mass is 9.71. The first-order chi connectivity index (χ1) is 6.62. The van der Waals surface area contributed by atoms with Crippen LogP contribution in [0, 0.1) is 11.8 Å². The normalized spacial score (nSPS) is 38.9. The molecule has 0 amide bonds. The molecule has 0 saturated heterocycles. The van der Waals surface area contributed by atoms with Crippen LogP contribution in [0.3, 0.4) is 0 Å². The van der Waals surface area contributed by atoms with Crippen LogP contribution in [0.2, 0.25) is 0 Å². The van der Waals surface area contributed by atoms with Crippen LogP contribution in [0.4, 0.5) is 0 Å². The number of rotatable bonds is 4. The van der Waals surface area contributed by atoms with E-state index in [1.165, 1.54) is 12.8 Å². The molecule has 0 aromatic carbocycles. The van der Waals surface area contributed by atoms with E-state index >= 15 is 0 Å². The molecule has 1 saturated carbocycles. The van der Waals surface area contributed by atoms with Gasteiger partial charge < -0.3 is 15.5 Å². The molecule has 0 heterocycles. The first-order valence-electron chi connectivity index (χ1n) is 5.36. The van der Waals surface area contributed by atoms with E-state index in [2.05, 4.69) is 17.5 Å². The molecule has 3 heteroatoms. The molecular formula is C11H19NO2. The summed E-state index contributed by atoms with van der Waals surface area (Å²) >= 11 is 0. The molecular weight excluding hydrogens is 178 g/mol. The highest BCUT2D eigenvalue weighted by Gasteiger charge is 2.41. The lowest BCUT2D eigenvalue weighted by Crippen LogP contribution is -2.53. The molecule has 80 valence electrons. The molecule has 4 atom stereocenters. The van der Waals surface area contributed by atoms with Crippen molar-refractivity contribution >= 4 is 0 Å². The third-order valence-electron chi connectivity index (χ3n) is 3.45. The van der Waals surface area contributed by atoms with Gasteiger partial charge in [-0.2, -0.15) is 0 Å². The summed E-state index contributed by atoms with van der Waals surface area (Å²) < 4.78 is 0. The van der Waals surface area contributed by atoms with Gasteiger partial charge in [0.15, 0.2) is 0 Å². The third kappa shape index (κ3) is 1.85. The number of allylic oxidation sites excluding steroid dienone is 1. The number of aliphatic hydroxyl groups is 2. The minimum absolute atomic E-state index is 0.184. The summed E-state index contributed by atoms with van der Waals surface area (Å²) in [5, 5.41) is 21.8. The molecule has 3 nitrogen and oxygen atoms in total. The van der Waals surface area contributed by atoms with Gasteiger partial charge in [-0.3, -0.25) is 0 Å². The molecule has 2 aliphatic rings. The third-order valence-corrected chi connectivity index (χ3v) is 3.45. The summed E-state index contributed by atoms with van der Waals surface area (Å²) in [7, 11) is 0. The highest BCUT2D eigenvalue weighted by molar-refractivity contribution is 5.13. The number of nitrogens with one attached hydrogen (secondary N) is 1. The zero-order valence-electron chi connectivity index (χ0n) is 8.61. The summed E-state index contributed by atoms with van der Waals surface area (Å²) in [6.07, 6.45) is 6.96. The molecule has 0 aliphatic heterocycles. The molecule has 2 aliphatic carbocycles. The van der Waals surface area contributed by atoms with Crippen molar-refractivity contribution in [3.8, 4) is 0 Å². The zero-order valence-corrected chi connectivity index (χ0v) is 8.61. The smallest absolute Gasteiger partial charge is 0.0972 e. The second-order valence-corrected chi connectivity index (χ2v) is 4.88. The van der Waals surface area contributed by atoms with Gasteiger partial charge in [0.25, 0.3) is 0 Å². The van der Waals surface area contributed by atoms with Crippen LogP contribution in [0.5, 0.6) is 0 Å². The van der Waals surface area contributed by atoms with Crippen molar-refractivity contribution in [3.63, 3.8) is 0 Å². The Morgan fingerprint density at radius 1 is 1.57 bits per heavy atom. The van der Waals surface area contributed by atoms with Crippen LogP contribution in [0.25, 0.3) is 0 Å². The van der Waals surface area contributed by atoms with Crippen molar-refractivity contribution in [1.29, 1.82) is 0 Å². The van der Waals surface area contributed by atoms with Crippen LogP contribution >= 0.6 is 0 Å². The lowest BCUT2D eigenvalue weighted by Gasteiger charge is -2.42. The van der Waals surface area contributed by atoms with E-state index in [0.29, 0.717) is 18.5 Å². The molecule has 14 heavy (non-hydrogen) atoms. The Bertz CT molecular complexity index is 237. The first kappa shape index (κ1) is 10.1. The zero-order chi connectivity index (χ0) is 10.2. The van der Waals surface area contributed by atoms with Gasteiger partial charge in [0.2, 0.25) is 0 Å². The quantitative estimate of drug-likeness (QED) is 0.568.